The molecule has 5 aliphatic rings. The maximum absolute atomic E-state index is 11.1. The Kier molecular flexibility index (Phi) is 4.19. The van der Waals surface area contributed by atoms with Crippen molar-refractivity contribution in [3.8, 4) is 0 Å². The minimum Gasteiger partial charge on any atom is -0.481 e. The molecule has 0 aromatic rings. The van der Waals surface area contributed by atoms with Gasteiger partial charge in [-0.1, -0.05) is 0 Å². The molecule has 2 N–H and O–H groups in total. The van der Waals surface area contributed by atoms with Crippen LogP contribution in [0.25, 0.3) is 0 Å². The number of hydrogen-bond acceptors (Lipinski definition) is 2. The molecule has 5 saturated carbocycles. The van der Waals surface area contributed by atoms with Crippen LogP contribution in [0.4, 0.5) is 0 Å². The third kappa shape index (κ3) is 3.31. The van der Waals surface area contributed by atoms with Crippen LogP contribution in [-0.4, -0.2) is 23.2 Å². The molecule has 5 fully saturated rings. The summed E-state index contributed by atoms with van der Waals surface area (Å²) < 4.78 is 0. The molecule has 5 aliphatic carbocycles. The summed E-state index contributed by atoms with van der Waals surface area (Å²) in [6, 6.07) is 1.15. The van der Waals surface area contributed by atoms with Crippen molar-refractivity contribution in [3.05, 3.63) is 0 Å². The summed E-state index contributed by atoms with van der Waals surface area (Å²) in [6.07, 6.45) is 14.2. The number of carboxylic acids is 1. The van der Waals surface area contributed by atoms with Gasteiger partial charge in [-0.15, -0.1) is 0 Å². The molecule has 3 nitrogen and oxygen atoms in total. The Hall–Kier alpha value is -0.570. The van der Waals surface area contributed by atoms with E-state index in [0.29, 0.717) is 17.5 Å². The van der Waals surface area contributed by atoms with Gasteiger partial charge in [0.2, 0.25) is 0 Å². The summed E-state index contributed by atoms with van der Waals surface area (Å²) >= 11 is 0. The van der Waals surface area contributed by atoms with Crippen LogP contribution in [0.5, 0.6) is 0 Å². The van der Waals surface area contributed by atoms with Gasteiger partial charge in [-0.25, -0.2) is 0 Å². The number of carboxylic acid groups (broad SMARTS) is 1. The molecule has 0 aliphatic heterocycles. The van der Waals surface area contributed by atoms with Crippen molar-refractivity contribution in [3.63, 3.8) is 0 Å². The Morgan fingerprint density at radius 2 is 1.57 bits per heavy atom. The van der Waals surface area contributed by atoms with Crippen molar-refractivity contribution in [1.29, 1.82) is 0 Å². The van der Waals surface area contributed by atoms with Crippen LogP contribution in [0.1, 0.15) is 77.6 Å². The van der Waals surface area contributed by atoms with Gasteiger partial charge in [0, 0.05) is 12.1 Å². The summed E-state index contributed by atoms with van der Waals surface area (Å²) in [5.41, 5.74) is 0.652. The molecule has 0 saturated heterocycles. The fourth-order valence-corrected chi connectivity index (χ4v) is 7.16. The van der Waals surface area contributed by atoms with E-state index in [1.807, 2.05) is 0 Å². The summed E-state index contributed by atoms with van der Waals surface area (Å²) in [5, 5.41) is 13.0. The summed E-state index contributed by atoms with van der Waals surface area (Å²) in [4.78, 5) is 11.1. The van der Waals surface area contributed by atoms with E-state index < -0.39 is 5.97 Å². The predicted molar refractivity (Wildman–Crippen MR) is 91.2 cm³/mol. The van der Waals surface area contributed by atoms with E-state index in [-0.39, 0.29) is 5.92 Å². The number of hydrogen-bond donors (Lipinski definition) is 2. The van der Waals surface area contributed by atoms with Gasteiger partial charge < -0.3 is 10.4 Å². The molecule has 0 amide bonds. The summed E-state index contributed by atoms with van der Waals surface area (Å²) in [5.74, 6) is 2.44. The van der Waals surface area contributed by atoms with E-state index in [1.165, 1.54) is 44.9 Å². The van der Waals surface area contributed by atoms with Crippen molar-refractivity contribution in [2.45, 2.75) is 89.6 Å². The Labute approximate surface area is 140 Å². The lowest BCUT2D eigenvalue weighted by molar-refractivity contribution is -0.142. The molecule has 0 heterocycles. The molecule has 23 heavy (non-hydrogen) atoms. The van der Waals surface area contributed by atoms with Crippen LogP contribution in [0, 0.1) is 29.1 Å². The van der Waals surface area contributed by atoms with Gasteiger partial charge in [0.25, 0.3) is 0 Å². The molecule has 3 heteroatoms. The first kappa shape index (κ1) is 15.9. The number of aliphatic carboxylic acids is 1. The SMILES string of the molecule is CC(CC12CC3CC(CC(C3)C1)C2)NC1CCC(C(=O)O)CC1. The minimum absolute atomic E-state index is 0.0912. The van der Waals surface area contributed by atoms with Crippen LogP contribution < -0.4 is 5.32 Å². The smallest absolute Gasteiger partial charge is 0.306 e. The number of carbonyl (C=O) groups is 1. The van der Waals surface area contributed by atoms with Crippen LogP contribution in [-0.2, 0) is 4.79 Å². The zero-order valence-corrected chi connectivity index (χ0v) is 14.6. The van der Waals surface area contributed by atoms with Gasteiger partial charge in [0.1, 0.15) is 0 Å². The van der Waals surface area contributed by atoms with Crippen molar-refractivity contribution >= 4 is 5.97 Å². The first-order chi connectivity index (χ1) is 11.0. The standard InChI is InChI=1S/C20H33NO2/c1-13(21-18-4-2-17(3-5-18)19(22)23)9-20-10-14-6-15(11-20)8-16(7-14)12-20/h13-18,21H,2-12H2,1H3,(H,22,23). The fourth-order valence-electron chi connectivity index (χ4n) is 7.16. The molecule has 1 unspecified atom stereocenters. The zero-order chi connectivity index (χ0) is 16.0. The maximum atomic E-state index is 11.1. The first-order valence-electron chi connectivity index (χ1n) is 10.0. The van der Waals surface area contributed by atoms with Crippen molar-refractivity contribution in [2.75, 3.05) is 0 Å². The molecule has 0 aromatic carbocycles. The molecule has 0 aromatic heterocycles. The minimum atomic E-state index is -0.593. The Morgan fingerprint density at radius 1 is 1.04 bits per heavy atom. The highest BCUT2D eigenvalue weighted by Gasteiger charge is 2.51. The molecule has 4 bridgehead atoms. The Morgan fingerprint density at radius 3 is 2.04 bits per heavy atom. The van der Waals surface area contributed by atoms with Gasteiger partial charge >= 0.3 is 5.97 Å². The quantitative estimate of drug-likeness (QED) is 0.798. The highest BCUT2D eigenvalue weighted by atomic mass is 16.4. The van der Waals surface area contributed by atoms with Gasteiger partial charge in [0.15, 0.2) is 0 Å². The number of nitrogens with one attached hydrogen (secondary N) is 1. The van der Waals surface area contributed by atoms with Crippen molar-refractivity contribution in [1.82, 2.24) is 5.32 Å². The highest BCUT2D eigenvalue weighted by Crippen LogP contribution is 2.61. The second-order valence-electron chi connectivity index (χ2n) is 9.58. The van der Waals surface area contributed by atoms with Crippen molar-refractivity contribution in [2.24, 2.45) is 29.1 Å². The number of rotatable bonds is 5. The predicted octanol–water partition coefficient (Wildman–Crippen LogP) is 4.21. The summed E-state index contributed by atoms with van der Waals surface area (Å²) in [6.45, 7) is 2.38. The third-order valence-electron chi connectivity index (χ3n) is 7.50. The van der Waals surface area contributed by atoms with E-state index in [2.05, 4.69) is 12.2 Å². The van der Waals surface area contributed by atoms with Gasteiger partial charge in [-0.05, 0) is 101 Å². The molecular weight excluding hydrogens is 286 g/mol. The van der Waals surface area contributed by atoms with Gasteiger partial charge in [0.05, 0.1) is 5.92 Å². The lowest BCUT2D eigenvalue weighted by Gasteiger charge is -2.57. The molecule has 130 valence electrons. The Balaban J connectivity index is 1.29. The zero-order valence-electron chi connectivity index (χ0n) is 14.6. The van der Waals surface area contributed by atoms with E-state index in [1.54, 1.807) is 0 Å². The Bertz CT molecular complexity index is 417. The van der Waals surface area contributed by atoms with Crippen molar-refractivity contribution < 1.29 is 9.90 Å². The third-order valence-corrected chi connectivity index (χ3v) is 7.50. The monoisotopic (exact) mass is 319 g/mol. The molecule has 5 rings (SSSR count). The van der Waals surface area contributed by atoms with Crippen LogP contribution in [0.15, 0.2) is 0 Å². The topological polar surface area (TPSA) is 49.3 Å². The molecule has 1 atom stereocenters. The van der Waals surface area contributed by atoms with E-state index in [4.69, 9.17) is 5.11 Å². The molecule has 0 spiro atoms. The average molecular weight is 319 g/mol. The summed E-state index contributed by atoms with van der Waals surface area (Å²) in [7, 11) is 0. The second-order valence-corrected chi connectivity index (χ2v) is 9.58. The average Bonchev–Trinajstić information content (AvgIpc) is 2.45. The van der Waals surface area contributed by atoms with Crippen LogP contribution >= 0.6 is 0 Å². The first-order valence-corrected chi connectivity index (χ1v) is 10.0. The van der Waals surface area contributed by atoms with Gasteiger partial charge in [-0.3, -0.25) is 4.79 Å². The molecule has 0 radical (unpaired) electrons. The van der Waals surface area contributed by atoms with Crippen LogP contribution in [0.3, 0.4) is 0 Å². The largest absolute Gasteiger partial charge is 0.481 e. The van der Waals surface area contributed by atoms with E-state index in [0.717, 1.165) is 43.4 Å². The highest BCUT2D eigenvalue weighted by molar-refractivity contribution is 5.70. The second kappa shape index (κ2) is 6.06. The van der Waals surface area contributed by atoms with E-state index in [9.17, 15) is 4.79 Å². The maximum Gasteiger partial charge on any atom is 0.306 e. The molecular formula is C20H33NO2. The normalized spacial score (nSPS) is 46.7. The fraction of sp³-hybridized carbons (Fsp3) is 0.950. The van der Waals surface area contributed by atoms with Gasteiger partial charge in [-0.2, -0.15) is 0 Å². The lowest BCUT2D eigenvalue weighted by atomic mass is 9.48. The van der Waals surface area contributed by atoms with Crippen LogP contribution in [0.2, 0.25) is 0 Å². The van der Waals surface area contributed by atoms with E-state index >= 15 is 0 Å². The lowest BCUT2D eigenvalue weighted by Crippen LogP contribution is -2.49.